The first-order valence-electron chi connectivity index (χ1n) is 6.86. The van der Waals surface area contributed by atoms with Crippen LogP contribution in [0.5, 0.6) is 5.75 Å². The van der Waals surface area contributed by atoms with Crippen molar-refractivity contribution >= 4 is 35.0 Å². The molecule has 0 aliphatic heterocycles. The van der Waals surface area contributed by atoms with Gasteiger partial charge in [-0.1, -0.05) is 23.7 Å². The Hall–Kier alpha value is -1.86. The standard InChI is InChI=1S/C16H13ClF3NO2S/c17-11-5-7-12(8-6-11)24-10-9-15(22)21-13-3-1-2-4-14(13)23-16(18,19)20/h1-8H,9-10H2,(H,21,22). The molecule has 0 atom stereocenters. The monoisotopic (exact) mass is 375 g/mol. The summed E-state index contributed by atoms with van der Waals surface area (Å²) >= 11 is 7.23. The van der Waals surface area contributed by atoms with Crippen molar-refractivity contribution in [2.75, 3.05) is 11.1 Å². The molecular formula is C16H13ClF3NO2S. The molecular weight excluding hydrogens is 363 g/mol. The summed E-state index contributed by atoms with van der Waals surface area (Å²) in [5, 5.41) is 3.05. The maximum atomic E-state index is 12.3. The van der Waals surface area contributed by atoms with Crippen molar-refractivity contribution in [3.63, 3.8) is 0 Å². The summed E-state index contributed by atoms with van der Waals surface area (Å²) in [5.41, 5.74) is -0.0173. The molecule has 2 rings (SSSR count). The van der Waals surface area contributed by atoms with Crippen LogP contribution in [0.3, 0.4) is 0 Å². The number of benzene rings is 2. The van der Waals surface area contributed by atoms with Crippen molar-refractivity contribution in [1.82, 2.24) is 0 Å². The lowest BCUT2D eigenvalue weighted by Gasteiger charge is -2.13. The van der Waals surface area contributed by atoms with Crippen molar-refractivity contribution < 1.29 is 22.7 Å². The van der Waals surface area contributed by atoms with Crippen molar-refractivity contribution in [3.05, 3.63) is 53.6 Å². The molecule has 24 heavy (non-hydrogen) atoms. The minimum absolute atomic E-state index is 0.0173. The number of hydrogen-bond acceptors (Lipinski definition) is 3. The number of rotatable bonds is 6. The van der Waals surface area contributed by atoms with Crippen LogP contribution in [0.2, 0.25) is 5.02 Å². The highest BCUT2D eigenvalue weighted by Crippen LogP contribution is 2.30. The van der Waals surface area contributed by atoms with Gasteiger partial charge in [-0.05, 0) is 36.4 Å². The highest BCUT2D eigenvalue weighted by atomic mass is 35.5. The maximum Gasteiger partial charge on any atom is 0.573 e. The van der Waals surface area contributed by atoms with E-state index in [1.165, 1.54) is 30.0 Å². The van der Waals surface area contributed by atoms with E-state index in [0.29, 0.717) is 10.8 Å². The highest BCUT2D eigenvalue weighted by molar-refractivity contribution is 7.99. The number of nitrogens with one attached hydrogen (secondary N) is 1. The van der Waals surface area contributed by atoms with Crippen LogP contribution in [0, 0.1) is 0 Å². The molecule has 0 aliphatic carbocycles. The van der Waals surface area contributed by atoms with Gasteiger partial charge in [-0.15, -0.1) is 24.9 Å². The fraction of sp³-hybridized carbons (Fsp3) is 0.188. The Labute approximate surface area is 146 Å². The average Bonchev–Trinajstić information content (AvgIpc) is 2.50. The van der Waals surface area contributed by atoms with E-state index in [4.69, 9.17) is 11.6 Å². The van der Waals surface area contributed by atoms with E-state index in [0.717, 1.165) is 11.0 Å². The first kappa shape index (κ1) is 18.5. The normalized spacial score (nSPS) is 11.2. The van der Waals surface area contributed by atoms with Crippen LogP contribution < -0.4 is 10.1 Å². The second-order valence-corrected chi connectivity index (χ2v) is 6.25. The van der Waals surface area contributed by atoms with Gasteiger partial charge in [-0.3, -0.25) is 4.79 Å². The lowest BCUT2D eigenvalue weighted by molar-refractivity contribution is -0.274. The fourth-order valence-electron chi connectivity index (χ4n) is 1.79. The Morgan fingerprint density at radius 1 is 1.12 bits per heavy atom. The van der Waals surface area contributed by atoms with E-state index in [9.17, 15) is 18.0 Å². The Kier molecular flexibility index (Phi) is 6.39. The molecule has 0 radical (unpaired) electrons. The molecule has 1 amide bonds. The molecule has 2 aromatic rings. The smallest absolute Gasteiger partial charge is 0.404 e. The summed E-state index contributed by atoms with van der Waals surface area (Å²) in [5.74, 6) is -0.353. The van der Waals surface area contributed by atoms with Crippen molar-refractivity contribution in [3.8, 4) is 5.75 Å². The molecule has 3 nitrogen and oxygen atoms in total. The number of anilines is 1. The molecule has 0 saturated heterocycles. The summed E-state index contributed by atoms with van der Waals surface area (Å²) in [4.78, 5) is 12.8. The minimum atomic E-state index is -4.81. The lowest BCUT2D eigenvalue weighted by atomic mass is 10.3. The lowest BCUT2D eigenvalue weighted by Crippen LogP contribution is -2.19. The molecule has 8 heteroatoms. The molecule has 0 heterocycles. The predicted molar refractivity (Wildman–Crippen MR) is 88.5 cm³/mol. The summed E-state index contributed by atoms with van der Waals surface area (Å²) in [6.07, 6.45) is -4.67. The van der Waals surface area contributed by atoms with Crippen LogP contribution in [0.4, 0.5) is 18.9 Å². The molecule has 128 valence electrons. The fourth-order valence-corrected chi connectivity index (χ4v) is 2.77. The van der Waals surface area contributed by atoms with Crippen molar-refractivity contribution in [1.29, 1.82) is 0 Å². The third kappa shape index (κ3) is 6.33. The van der Waals surface area contributed by atoms with E-state index in [1.54, 1.807) is 12.1 Å². The van der Waals surface area contributed by atoms with Crippen LogP contribution >= 0.6 is 23.4 Å². The molecule has 2 aromatic carbocycles. The Balaban J connectivity index is 1.87. The Bertz CT molecular complexity index is 692. The summed E-state index contributed by atoms with van der Waals surface area (Å²) in [6, 6.07) is 12.6. The van der Waals surface area contributed by atoms with E-state index >= 15 is 0 Å². The second-order valence-electron chi connectivity index (χ2n) is 4.64. The number of hydrogen-bond donors (Lipinski definition) is 1. The van der Waals surface area contributed by atoms with Gasteiger partial charge < -0.3 is 10.1 Å². The van der Waals surface area contributed by atoms with Gasteiger partial charge in [0, 0.05) is 22.1 Å². The molecule has 0 unspecified atom stereocenters. The topological polar surface area (TPSA) is 38.3 Å². The zero-order valence-electron chi connectivity index (χ0n) is 12.3. The molecule has 0 aliphatic rings. The molecule has 0 saturated carbocycles. The molecule has 0 aromatic heterocycles. The number of carbonyl (C=O) groups excluding carboxylic acids is 1. The van der Waals surface area contributed by atoms with Crippen molar-refractivity contribution in [2.24, 2.45) is 0 Å². The zero-order chi connectivity index (χ0) is 17.6. The van der Waals surface area contributed by atoms with Gasteiger partial charge in [0.05, 0.1) is 5.69 Å². The number of para-hydroxylation sites is 2. The van der Waals surface area contributed by atoms with Crippen LogP contribution in [-0.4, -0.2) is 18.0 Å². The van der Waals surface area contributed by atoms with Crippen LogP contribution in [0.25, 0.3) is 0 Å². The minimum Gasteiger partial charge on any atom is -0.404 e. The quantitative estimate of drug-likeness (QED) is 0.691. The molecule has 0 fully saturated rings. The Morgan fingerprint density at radius 2 is 1.79 bits per heavy atom. The third-order valence-electron chi connectivity index (χ3n) is 2.80. The SMILES string of the molecule is O=C(CCSc1ccc(Cl)cc1)Nc1ccccc1OC(F)(F)F. The summed E-state index contributed by atoms with van der Waals surface area (Å²) < 4.78 is 40.9. The Morgan fingerprint density at radius 3 is 2.46 bits per heavy atom. The van der Waals surface area contributed by atoms with Crippen LogP contribution in [-0.2, 0) is 4.79 Å². The van der Waals surface area contributed by atoms with E-state index in [2.05, 4.69) is 10.1 Å². The highest BCUT2D eigenvalue weighted by Gasteiger charge is 2.32. The van der Waals surface area contributed by atoms with Crippen LogP contribution in [0.15, 0.2) is 53.4 Å². The number of thioether (sulfide) groups is 1. The maximum absolute atomic E-state index is 12.3. The predicted octanol–water partition coefficient (Wildman–Crippen LogP) is 5.36. The molecule has 0 spiro atoms. The second kappa shape index (κ2) is 8.30. The van der Waals surface area contributed by atoms with Crippen molar-refractivity contribution in [2.45, 2.75) is 17.7 Å². The van der Waals surface area contributed by atoms with Gasteiger partial charge in [0.1, 0.15) is 0 Å². The summed E-state index contributed by atoms with van der Waals surface area (Å²) in [6.45, 7) is 0. The average molecular weight is 376 g/mol. The number of alkyl halides is 3. The van der Waals surface area contributed by atoms with Gasteiger partial charge in [-0.25, -0.2) is 0 Å². The van der Waals surface area contributed by atoms with Gasteiger partial charge in [0.25, 0.3) is 0 Å². The van der Waals surface area contributed by atoms with Crippen LogP contribution in [0.1, 0.15) is 6.42 Å². The largest absolute Gasteiger partial charge is 0.573 e. The summed E-state index contributed by atoms with van der Waals surface area (Å²) in [7, 11) is 0. The molecule has 0 bridgehead atoms. The van der Waals surface area contributed by atoms with Gasteiger partial charge in [0.15, 0.2) is 5.75 Å². The molecule has 1 N–H and O–H groups in total. The third-order valence-corrected chi connectivity index (χ3v) is 4.06. The van der Waals surface area contributed by atoms with E-state index in [1.807, 2.05) is 12.1 Å². The van der Waals surface area contributed by atoms with E-state index < -0.39 is 18.0 Å². The first-order chi connectivity index (χ1) is 11.3. The number of amides is 1. The van der Waals surface area contributed by atoms with Gasteiger partial charge >= 0.3 is 6.36 Å². The number of halogens is 4. The van der Waals surface area contributed by atoms with E-state index in [-0.39, 0.29) is 12.1 Å². The first-order valence-corrected chi connectivity index (χ1v) is 8.23. The number of carbonyl (C=O) groups is 1. The zero-order valence-corrected chi connectivity index (χ0v) is 13.8. The van der Waals surface area contributed by atoms with Gasteiger partial charge in [0.2, 0.25) is 5.91 Å². The van der Waals surface area contributed by atoms with Gasteiger partial charge in [-0.2, -0.15) is 0 Å². The number of ether oxygens (including phenoxy) is 1.